The Labute approximate surface area is 215 Å². The second-order valence-corrected chi connectivity index (χ2v) is 12.3. The second-order valence-electron chi connectivity index (χ2n) is 12.3. The summed E-state index contributed by atoms with van der Waals surface area (Å²) in [4.78, 5) is 65.6. The molecule has 2 rings (SSSR count). The van der Waals surface area contributed by atoms with Gasteiger partial charge >= 0.3 is 6.03 Å². The molecule has 0 aromatic carbocycles. The van der Waals surface area contributed by atoms with Crippen molar-refractivity contribution in [3.63, 3.8) is 0 Å². The van der Waals surface area contributed by atoms with E-state index in [1.54, 1.807) is 0 Å². The molecule has 2 aliphatic carbocycles. The first-order valence-corrected chi connectivity index (χ1v) is 13.1. The lowest BCUT2D eigenvalue weighted by Gasteiger charge is -2.35. The summed E-state index contributed by atoms with van der Waals surface area (Å²) in [5, 5.41) is 11.0. The highest BCUT2D eigenvalue weighted by molar-refractivity contribution is 6.38. The Kier molecular flexibility index (Phi) is 9.91. The largest absolute Gasteiger partial charge is 0.347 e. The summed E-state index contributed by atoms with van der Waals surface area (Å²) in [6, 6.07) is -2.21. The summed E-state index contributed by atoms with van der Waals surface area (Å²) in [7, 11) is 0. The predicted octanol–water partition coefficient (Wildman–Crippen LogP) is 1.87. The third-order valence-corrected chi connectivity index (χ3v) is 6.06. The van der Waals surface area contributed by atoms with Crippen molar-refractivity contribution in [1.29, 1.82) is 0 Å². The van der Waals surface area contributed by atoms with Crippen LogP contribution >= 0.6 is 0 Å². The van der Waals surface area contributed by atoms with E-state index in [4.69, 9.17) is 0 Å². The molecule has 5 amide bonds. The molecule has 0 aromatic heterocycles. The molecule has 0 aromatic rings. The Balaban J connectivity index is 2.11. The molecule has 2 saturated carbocycles. The van der Waals surface area contributed by atoms with Gasteiger partial charge in [0.05, 0.1) is 12.6 Å². The number of nitrogens with one attached hydrogen (secondary N) is 4. The van der Waals surface area contributed by atoms with Gasteiger partial charge in [-0.1, -0.05) is 34.1 Å². The maximum Gasteiger partial charge on any atom is 0.315 e. The van der Waals surface area contributed by atoms with Gasteiger partial charge in [-0.3, -0.25) is 19.2 Å². The number of nitrogens with zero attached hydrogens (tertiary/aromatic N) is 1. The zero-order chi connectivity index (χ0) is 27.3. The fraction of sp³-hybridized carbons (Fsp3) is 0.808. The van der Waals surface area contributed by atoms with Crippen molar-refractivity contribution in [3.8, 4) is 0 Å². The van der Waals surface area contributed by atoms with Gasteiger partial charge < -0.3 is 26.2 Å². The van der Waals surface area contributed by atoms with Crippen molar-refractivity contribution >= 4 is 29.5 Å². The maximum absolute atomic E-state index is 13.6. The Morgan fingerprint density at radius 2 is 1.53 bits per heavy atom. The molecule has 0 radical (unpaired) electrons. The SMILES string of the molecule is CCC[C@H](NC(=O)CN(CC1CC1)C(=O)[C@@H](NC(=O)NC(C)(C)C)C(C)(C)C)C(=O)C(=O)NC1CC1. The Hall–Kier alpha value is -2.65. The van der Waals surface area contributed by atoms with E-state index in [1.165, 1.54) is 4.90 Å². The first kappa shape index (κ1) is 29.6. The fourth-order valence-electron chi connectivity index (χ4n) is 3.80. The van der Waals surface area contributed by atoms with Gasteiger partial charge in [-0.2, -0.15) is 0 Å². The molecule has 0 aliphatic heterocycles. The zero-order valence-electron chi connectivity index (χ0n) is 23.0. The van der Waals surface area contributed by atoms with Gasteiger partial charge in [-0.15, -0.1) is 0 Å². The highest BCUT2D eigenvalue weighted by atomic mass is 16.2. The van der Waals surface area contributed by atoms with Gasteiger partial charge in [-0.05, 0) is 64.2 Å². The van der Waals surface area contributed by atoms with Gasteiger partial charge in [0.15, 0.2) is 0 Å². The van der Waals surface area contributed by atoms with E-state index >= 15 is 0 Å². The van der Waals surface area contributed by atoms with Gasteiger partial charge in [0, 0.05) is 18.1 Å². The number of carbonyl (C=O) groups excluding carboxylic acids is 5. The van der Waals surface area contributed by atoms with Crippen molar-refractivity contribution in [3.05, 3.63) is 0 Å². The molecule has 36 heavy (non-hydrogen) atoms. The topological polar surface area (TPSA) is 137 Å². The third-order valence-electron chi connectivity index (χ3n) is 6.06. The normalized spacial score (nSPS) is 17.4. The van der Waals surface area contributed by atoms with Crippen LogP contribution in [0.4, 0.5) is 4.79 Å². The van der Waals surface area contributed by atoms with Gasteiger partial charge in [0.25, 0.3) is 5.91 Å². The molecule has 2 aliphatic rings. The zero-order valence-corrected chi connectivity index (χ0v) is 23.0. The van der Waals surface area contributed by atoms with Crippen molar-refractivity contribution in [2.45, 2.75) is 111 Å². The summed E-state index contributed by atoms with van der Waals surface area (Å²) in [5.74, 6) is -1.88. The average Bonchev–Trinajstić information content (AvgIpc) is 3.65. The van der Waals surface area contributed by atoms with Crippen LogP contribution in [-0.4, -0.2) is 71.2 Å². The van der Waals surface area contributed by atoms with E-state index in [2.05, 4.69) is 21.3 Å². The Morgan fingerprint density at radius 1 is 0.917 bits per heavy atom. The van der Waals surface area contributed by atoms with Crippen LogP contribution in [0.15, 0.2) is 0 Å². The standard InChI is InChI=1S/C26H45N5O5/c1-8-9-18(20(33)22(34)27-17-12-13-17)28-19(32)15-31(14-16-10-11-16)23(35)21(25(2,3)4)29-24(36)30-26(5,6)7/h16-18,21H,8-15H2,1-7H3,(H,27,34)(H,28,32)(H2,29,30,36)/t18-,21+/m0/s1. The minimum atomic E-state index is -0.937. The molecule has 0 saturated heterocycles. The number of Topliss-reactive ketones (excluding diaryl/α,β-unsaturated/α-hetero) is 1. The van der Waals surface area contributed by atoms with Crippen LogP contribution in [-0.2, 0) is 19.2 Å². The summed E-state index contributed by atoms with van der Waals surface area (Å²) in [6.07, 6.45) is 4.61. The van der Waals surface area contributed by atoms with Crippen molar-refractivity contribution in [2.75, 3.05) is 13.1 Å². The lowest BCUT2D eigenvalue weighted by Crippen LogP contribution is -2.60. The van der Waals surface area contributed by atoms with E-state index in [1.807, 2.05) is 48.5 Å². The lowest BCUT2D eigenvalue weighted by atomic mass is 9.85. The van der Waals surface area contributed by atoms with Crippen molar-refractivity contribution in [1.82, 2.24) is 26.2 Å². The quantitative estimate of drug-likeness (QED) is 0.299. The summed E-state index contributed by atoms with van der Waals surface area (Å²) in [5.41, 5.74) is -1.08. The van der Waals surface area contributed by atoms with E-state index in [0.29, 0.717) is 25.3 Å². The molecule has 0 spiro atoms. The number of carbonyl (C=O) groups is 5. The number of hydrogen-bond acceptors (Lipinski definition) is 5. The maximum atomic E-state index is 13.6. The summed E-state index contributed by atoms with van der Waals surface area (Å²) in [6.45, 7) is 13.1. The van der Waals surface area contributed by atoms with Crippen molar-refractivity contribution in [2.24, 2.45) is 11.3 Å². The molecule has 204 valence electrons. The number of hydrogen-bond donors (Lipinski definition) is 4. The number of rotatable bonds is 12. The minimum Gasteiger partial charge on any atom is -0.347 e. The minimum absolute atomic E-state index is 0.0448. The third kappa shape index (κ3) is 10.1. The first-order chi connectivity index (χ1) is 16.6. The Bertz CT molecular complexity index is 837. The first-order valence-electron chi connectivity index (χ1n) is 13.1. The van der Waals surface area contributed by atoms with Crippen LogP contribution < -0.4 is 21.3 Å². The van der Waals surface area contributed by atoms with E-state index in [-0.39, 0.29) is 18.5 Å². The molecular formula is C26H45N5O5. The summed E-state index contributed by atoms with van der Waals surface area (Å²) < 4.78 is 0. The second kappa shape index (κ2) is 12.1. The van der Waals surface area contributed by atoms with Crippen LogP contribution in [0.5, 0.6) is 0 Å². The monoisotopic (exact) mass is 507 g/mol. The van der Waals surface area contributed by atoms with Crippen molar-refractivity contribution < 1.29 is 24.0 Å². The van der Waals surface area contributed by atoms with Crippen LogP contribution in [0.2, 0.25) is 0 Å². The van der Waals surface area contributed by atoms with Gasteiger partial charge in [-0.25, -0.2) is 4.79 Å². The molecule has 10 nitrogen and oxygen atoms in total. The highest BCUT2D eigenvalue weighted by Gasteiger charge is 2.39. The summed E-state index contributed by atoms with van der Waals surface area (Å²) >= 11 is 0. The lowest BCUT2D eigenvalue weighted by molar-refractivity contribution is -0.142. The molecule has 4 N–H and O–H groups in total. The number of ketones is 1. The molecule has 0 unspecified atom stereocenters. The van der Waals surface area contributed by atoms with Crippen LogP contribution in [0.1, 0.15) is 87.0 Å². The van der Waals surface area contributed by atoms with Crippen LogP contribution in [0.25, 0.3) is 0 Å². The molecule has 2 atom stereocenters. The Morgan fingerprint density at radius 3 is 2.00 bits per heavy atom. The molecule has 2 fully saturated rings. The molecule has 10 heteroatoms. The smallest absolute Gasteiger partial charge is 0.315 e. The average molecular weight is 508 g/mol. The van der Waals surface area contributed by atoms with Gasteiger partial charge in [0.2, 0.25) is 17.6 Å². The molecular weight excluding hydrogens is 462 g/mol. The van der Waals surface area contributed by atoms with Crippen LogP contribution in [0, 0.1) is 11.3 Å². The molecule has 0 heterocycles. The van der Waals surface area contributed by atoms with E-state index in [0.717, 1.165) is 25.7 Å². The predicted molar refractivity (Wildman–Crippen MR) is 137 cm³/mol. The van der Waals surface area contributed by atoms with E-state index < -0.39 is 46.7 Å². The fourth-order valence-corrected chi connectivity index (χ4v) is 3.80. The molecule has 0 bridgehead atoms. The number of urea groups is 1. The van der Waals surface area contributed by atoms with Crippen LogP contribution in [0.3, 0.4) is 0 Å². The van der Waals surface area contributed by atoms with Gasteiger partial charge in [0.1, 0.15) is 6.04 Å². The van der Waals surface area contributed by atoms with E-state index in [9.17, 15) is 24.0 Å². The highest BCUT2D eigenvalue weighted by Crippen LogP contribution is 2.31. The number of amides is 5.